The van der Waals surface area contributed by atoms with Gasteiger partial charge >= 0.3 is 0 Å². The maximum absolute atomic E-state index is 2.98. The highest BCUT2D eigenvalue weighted by atomic mass is 15.3. The van der Waals surface area contributed by atoms with Crippen molar-refractivity contribution in [3.63, 3.8) is 0 Å². The van der Waals surface area contributed by atoms with Gasteiger partial charge in [0.2, 0.25) is 0 Å². The Morgan fingerprint density at radius 2 is 0.987 bits per heavy atom. The summed E-state index contributed by atoms with van der Waals surface area (Å²) in [5.41, 5.74) is 29.2. The van der Waals surface area contributed by atoms with Crippen LogP contribution in [-0.2, 0) is 37.9 Å². The van der Waals surface area contributed by atoms with E-state index in [0.717, 1.165) is 23.5 Å². The van der Waals surface area contributed by atoms with Crippen molar-refractivity contribution in [1.82, 2.24) is 0 Å². The van der Waals surface area contributed by atoms with E-state index in [2.05, 4.69) is 260 Å². The molecule has 0 aromatic heterocycles. The maximum atomic E-state index is 2.98. The van der Waals surface area contributed by atoms with Gasteiger partial charge in [-0.1, -0.05) is 183 Å². The molecule has 0 spiro atoms. The van der Waals surface area contributed by atoms with Crippen LogP contribution < -0.4 is 31.1 Å². The predicted octanol–water partition coefficient (Wildman–Crippen LogP) is 18.8. The monoisotopic (exact) mass is 1040 g/mol. The molecule has 2 unspecified atom stereocenters. The zero-order valence-electron chi connectivity index (χ0n) is 51.2. The van der Waals surface area contributed by atoms with Crippen LogP contribution in [0.15, 0.2) is 127 Å². The third kappa shape index (κ3) is 7.63. The summed E-state index contributed by atoms with van der Waals surface area (Å²) >= 11 is 0. The highest BCUT2D eigenvalue weighted by molar-refractivity contribution is 7.00. The number of fused-ring (bicyclic) bond motifs is 10. The van der Waals surface area contributed by atoms with E-state index in [1.54, 1.807) is 22.2 Å². The number of anilines is 8. The zero-order chi connectivity index (χ0) is 55.9. The average Bonchev–Trinajstić information content (AvgIpc) is 2.45. The van der Waals surface area contributed by atoms with E-state index in [1.165, 1.54) is 123 Å². The molecule has 79 heavy (non-hydrogen) atoms. The Kier molecular flexibility index (Phi) is 11.3. The Morgan fingerprint density at radius 1 is 0.456 bits per heavy atom. The predicted molar refractivity (Wildman–Crippen MR) is 341 cm³/mol. The minimum absolute atomic E-state index is 0.00145. The molecule has 0 amide bonds. The number of rotatable bonds is 5. The van der Waals surface area contributed by atoms with Gasteiger partial charge in [0, 0.05) is 50.8 Å². The maximum Gasteiger partial charge on any atom is 0.252 e. The summed E-state index contributed by atoms with van der Waals surface area (Å²) in [5.74, 6) is 0. The Bertz CT molecular complexity index is 3580. The molecule has 3 nitrogen and oxygen atoms in total. The minimum Gasteiger partial charge on any atom is -0.335 e. The normalized spacial score (nSPS) is 22.5. The Morgan fingerprint density at radius 3 is 1.58 bits per heavy atom. The first-order valence-electron chi connectivity index (χ1n) is 30.4. The van der Waals surface area contributed by atoms with Gasteiger partial charge < -0.3 is 14.7 Å². The first kappa shape index (κ1) is 52.4. The molecule has 0 N–H and O–H groups in total. The van der Waals surface area contributed by atoms with Crippen molar-refractivity contribution in [2.75, 3.05) is 14.7 Å². The Hall–Kier alpha value is -6.00. The van der Waals surface area contributed by atoms with E-state index in [4.69, 9.17) is 0 Å². The fourth-order valence-electron chi connectivity index (χ4n) is 16.4. The highest BCUT2D eigenvalue weighted by Gasteiger charge is 2.63. The van der Waals surface area contributed by atoms with Crippen molar-refractivity contribution in [2.45, 2.75) is 213 Å². The van der Waals surface area contributed by atoms with Crippen LogP contribution in [0.4, 0.5) is 45.5 Å². The third-order valence-electron chi connectivity index (χ3n) is 21.7. The van der Waals surface area contributed by atoms with Crippen LogP contribution in [0.3, 0.4) is 0 Å². The number of benzene rings is 7. The summed E-state index contributed by atoms with van der Waals surface area (Å²) in [5, 5.41) is 0. The smallest absolute Gasteiger partial charge is 0.252 e. The lowest BCUT2D eigenvalue weighted by Crippen LogP contribution is -2.66. The van der Waals surface area contributed by atoms with Gasteiger partial charge in [-0.25, -0.2) is 0 Å². The second-order valence-electron chi connectivity index (χ2n) is 30.7. The van der Waals surface area contributed by atoms with Crippen LogP contribution in [0.5, 0.6) is 0 Å². The zero-order valence-corrected chi connectivity index (χ0v) is 51.2. The van der Waals surface area contributed by atoms with Gasteiger partial charge in [-0.2, -0.15) is 0 Å². The highest BCUT2D eigenvalue weighted by Crippen LogP contribution is 2.64. The van der Waals surface area contributed by atoms with Crippen molar-refractivity contribution < 1.29 is 0 Å². The largest absolute Gasteiger partial charge is 0.335 e. The van der Waals surface area contributed by atoms with Crippen LogP contribution in [0.1, 0.15) is 207 Å². The fraction of sp³-hybridized carbons (Fsp3) is 0.440. The van der Waals surface area contributed by atoms with E-state index < -0.39 is 0 Å². The van der Waals surface area contributed by atoms with E-state index >= 15 is 0 Å². The summed E-state index contributed by atoms with van der Waals surface area (Å²) in [4.78, 5) is 8.31. The lowest BCUT2D eigenvalue weighted by molar-refractivity contribution is 0.195. The van der Waals surface area contributed by atoms with Gasteiger partial charge in [-0.15, -0.1) is 0 Å². The SMILES string of the molecule is Cc1cc2c3c(c1)N1c4c(cc5c(c4B3c3ccc(N(c4ccc(C(C)(C)C)cc4)c4ccc(C(C)(C)C)cc4)cc3N2c2cc3c(cc2-c2ccccc2)C(C)(C)CCC3(C)C)C(C)(C)CCC5(C)C)C2(C)CCCCC12C. The van der Waals surface area contributed by atoms with Crippen LogP contribution in [0, 0.1) is 6.92 Å². The molecule has 7 aromatic carbocycles. The molecule has 2 atom stereocenters. The summed E-state index contributed by atoms with van der Waals surface area (Å²) in [6.45, 7) is 41.9. The van der Waals surface area contributed by atoms with Crippen molar-refractivity contribution in [3.8, 4) is 11.1 Å². The van der Waals surface area contributed by atoms with Gasteiger partial charge in [-0.3, -0.25) is 0 Å². The molecule has 7 aromatic rings. The van der Waals surface area contributed by atoms with Gasteiger partial charge in [0.05, 0.1) is 11.2 Å². The lowest BCUT2D eigenvalue weighted by Gasteiger charge is -2.53. The molecule has 6 aliphatic rings. The molecule has 4 heteroatoms. The van der Waals surface area contributed by atoms with E-state index in [0.29, 0.717) is 0 Å². The number of hydrogen-bond donors (Lipinski definition) is 0. The van der Waals surface area contributed by atoms with Gasteiger partial charge in [0.15, 0.2) is 0 Å². The van der Waals surface area contributed by atoms with Gasteiger partial charge in [0.1, 0.15) is 0 Å². The molecule has 3 aliphatic carbocycles. The Balaban J connectivity index is 1.18. The third-order valence-corrected chi connectivity index (χ3v) is 21.7. The van der Waals surface area contributed by atoms with Crippen molar-refractivity contribution >= 4 is 68.6 Å². The molecular weight excluding hydrogens is 954 g/mol. The molecule has 13 rings (SSSR count). The minimum atomic E-state index is -0.0791. The van der Waals surface area contributed by atoms with Crippen molar-refractivity contribution in [3.05, 3.63) is 172 Å². The van der Waals surface area contributed by atoms with Crippen molar-refractivity contribution in [1.29, 1.82) is 0 Å². The summed E-state index contributed by atoms with van der Waals surface area (Å²) in [7, 11) is 0. The molecule has 406 valence electrons. The van der Waals surface area contributed by atoms with Crippen LogP contribution in [0.25, 0.3) is 11.1 Å². The fourth-order valence-corrected chi connectivity index (χ4v) is 16.4. The Labute approximate surface area is 476 Å². The molecular formula is C75H88BN3. The van der Waals surface area contributed by atoms with Crippen molar-refractivity contribution in [2.24, 2.45) is 0 Å². The van der Waals surface area contributed by atoms with Gasteiger partial charge in [-0.05, 0) is 212 Å². The van der Waals surface area contributed by atoms with Crippen LogP contribution in [-0.4, -0.2) is 12.3 Å². The first-order chi connectivity index (χ1) is 37.1. The topological polar surface area (TPSA) is 9.72 Å². The summed E-state index contributed by atoms with van der Waals surface area (Å²) in [6, 6.07) is 51.2. The summed E-state index contributed by atoms with van der Waals surface area (Å²) < 4.78 is 0. The lowest BCUT2D eigenvalue weighted by atomic mass is 9.31. The summed E-state index contributed by atoms with van der Waals surface area (Å²) in [6.07, 6.45) is 9.61. The molecule has 3 aliphatic heterocycles. The van der Waals surface area contributed by atoms with Crippen LogP contribution in [0.2, 0.25) is 0 Å². The molecule has 0 saturated heterocycles. The second-order valence-corrected chi connectivity index (χ2v) is 30.7. The van der Waals surface area contributed by atoms with E-state index in [-0.39, 0.29) is 50.2 Å². The molecule has 1 saturated carbocycles. The number of nitrogens with zero attached hydrogens (tertiary/aromatic N) is 3. The number of hydrogen-bond acceptors (Lipinski definition) is 3. The molecule has 1 fully saturated rings. The standard InChI is InChI=1S/C75H88BN3/c1-47-41-62-65-63(42-47)79-67-58(74(16)35-21-22-36-75(74,79)17)45-57-64(73(14,15)40-39-72(57,12)13)66(67)76(65)59-34-33-53(77(51-29-25-49(26-30-51)68(2,3)4)52-31-27-50(28-32-52)69(5,6)7)43-61(59)78(62)60-46-56-55(70(8,9)37-38-71(56,10)11)44-54(60)48-23-19-18-20-24-48/h18-20,23-34,41-46H,21-22,35-40H2,1-17H3. The average molecular weight is 1040 g/mol. The van der Waals surface area contributed by atoms with Crippen LogP contribution >= 0.6 is 0 Å². The second kappa shape index (κ2) is 17.0. The number of aryl methyl sites for hydroxylation is 1. The molecule has 3 heterocycles. The van der Waals surface area contributed by atoms with E-state index in [1.807, 2.05) is 0 Å². The van der Waals surface area contributed by atoms with E-state index in [9.17, 15) is 0 Å². The quantitative estimate of drug-likeness (QED) is 0.159. The molecule has 0 radical (unpaired) electrons. The van der Waals surface area contributed by atoms with Gasteiger partial charge in [0.25, 0.3) is 6.71 Å². The first-order valence-corrected chi connectivity index (χ1v) is 30.4. The molecule has 0 bridgehead atoms.